The first-order valence-electron chi connectivity index (χ1n) is 42.5. The molecule has 4 aliphatic heterocycles. The smallest absolute Gasteiger partial charge is 0.330 e. The van der Waals surface area contributed by atoms with Crippen LogP contribution < -0.4 is 18.9 Å². The summed E-state index contributed by atoms with van der Waals surface area (Å²) in [4.78, 5) is 151. The van der Waals surface area contributed by atoms with Gasteiger partial charge in [0.2, 0.25) is 11.8 Å². The van der Waals surface area contributed by atoms with E-state index in [1.165, 1.54) is 0 Å². The van der Waals surface area contributed by atoms with Crippen molar-refractivity contribution in [1.29, 1.82) is 0 Å². The zero-order chi connectivity index (χ0) is 87.5. The Morgan fingerprint density at radius 2 is 0.556 bits per heavy atom. The van der Waals surface area contributed by atoms with Gasteiger partial charge < -0.3 is 66.6 Å². The molecule has 4 heterocycles. The summed E-state index contributed by atoms with van der Waals surface area (Å²) in [5, 5.41) is 1.61. The minimum absolute atomic E-state index is 0.0157. The third-order valence-electron chi connectivity index (χ3n) is 23.0. The lowest BCUT2D eigenvalue weighted by Crippen LogP contribution is -2.57. The van der Waals surface area contributed by atoms with Crippen LogP contribution in [0.4, 0.5) is 0 Å². The molecule has 0 bridgehead atoms. The van der Waals surface area contributed by atoms with Crippen LogP contribution in [-0.4, -0.2) is 196 Å². The van der Waals surface area contributed by atoms with E-state index in [1.807, 2.05) is 76.2 Å². The van der Waals surface area contributed by atoms with Crippen molar-refractivity contribution in [3.63, 3.8) is 0 Å². The van der Waals surface area contributed by atoms with E-state index in [-0.39, 0.29) is 202 Å². The second-order valence-electron chi connectivity index (χ2n) is 31.0. The molecule has 0 spiro atoms. The largest absolute Gasteiger partial charge is 0.460 e. The summed E-state index contributed by atoms with van der Waals surface area (Å²) in [6, 6.07) is 32.6. The Balaban J connectivity index is 1.09. The van der Waals surface area contributed by atoms with E-state index in [0.29, 0.717) is 64.7 Å². The van der Waals surface area contributed by atoms with Crippen LogP contribution in [0.25, 0.3) is 43.1 Å². The van der Waals surface area contributed by atoms with Crippen molar-refractivity contribution < 1.29 is 105 Å². The molecule has 648 valence electrons. The zero-order valence-corrected chi connectivity index (χ0v) is 70.6. The SMILES string of the molecule is C=CC(=O)OCCOCCc1ccc(Oc2cc3c4c(cc(Oc5ccc(CCOCCOC(=O)C=C)cc5)c5c6c(Oc7ccc(CCOCCOC(=O)C=C)cc7)cc7c8c(cc(Oc9ccc(CCOCCOC(=O)C=C)cc9)c(c2c45)c86)C(=O)N(C(C(=O)N2CCCCC2)C(C)CC)C7=O)C(=O)N(C(C(=O)N2CCCCC2)C(C)CC)C3=O)cc1. The molecule has 4 unspecified atom stereocenters. The van der Waals surface area contributed by atoms with Crippen molar-refractivity contribution in [3.8, 4) is 46.0 Å². The highest BCUT2D eigenvalue weighted by atomic mass is 16.6. The quantitative estimate of drug-likeness (QED) is 0.00652. The van der Waals surface area contributed by atoms with Gasteiger partial charge in [0.25, 0.3) is 23.6 Å². The van der Waals surface area contributed by atoms with Crippen LogP contribution >= 0.6 is 0 Å². The fourth-order valence-corrected chi connectivity index (χ4v) is 16.3. The Bertz CT molecular complexity index is 4860. The third-order valence-corrected chi connectivity index (χ3v) is 23.0. The topological polar surface area (TPSA) is 294 Å². The number of piperidine rings is 2. The molecular weight excluding hydrogens is 1590 g/mol. The molecule has 0 radical (unpaired) electrons. The Kier molecular flexibility index (Phi) is 30.2. The summed E-state index contributed by atoms with van der Waals surface area (Å²) in [7, 11) is 0. The highest BCUT2D eigenvalue weighted by Gasteiger charge is 2.49. The number of ether oxygens (including phenoxy) is 12. The van der Waals surface area contributed by atoms with Crippen LogP contribution in [0, 0.1) is 11.8 Å². The first kappa shape index (κ1) is 89.1. The number of benzene rings is 9. The molecule has 4 aliphatic rings. The maximum atomic E-state index is 16.7. The Hall–Kier alpha value is -12.6. The summed E-state index contributed by atoms with van der Waals surface area (Å²) in [6.07, 6.45) is 11.6. The number of hydrogen-bond acceptors (Lipinski definition) is 22. The fraction of sp³-hybridized carbons (Fsp3) is 0.367. The van der Waals surface area contributed by atoms with Gasteiger partial charge in [-0.1, -0.05) is 115 Å². The molecule has 9 aromatic rings. The molecular formula is C98H104N4O22. The molecule has 26 heteroatoms. The maximum Gasteiger partial charge on any atom is 0.330 e. The van der Waals surface area contributed by atoms with E-state index in [0.717, 1.165) is 94.9 Å². The predicted octanol–water partition coefficient (Wildman–Crippen LogP) is 16.1. The van der Waals surface area contributed by atoms with Crippen molar-refractivity contribution >= 4 is 102 Å². The molecule has 2 saturated heterocycles. The number of rotatable bonds is 44. The number of carbonyl (C=O) groups is 10. The van der Waals surface area contributed by atoms with Crippen molar-refractivity contribution in [1.82, 2.24) is 19.6 Å². The molecule has 26 nitrogen and oxygen atoms in total. The van der Waals surface area contributed by atoms with Crippen molar-refractivity contribution in [2.24, 2.45) is 11.8 Å². The highest BCUT2D eigenvalue weighted by Crippen LogP contribution is 2.58. The van der Waals surface area contributed by atoms with Crippen LogP contribution in [0.5, 0.6) is 46.0 Å². The lowest BCUT2D eigenvalue weighted by atomic mass is 9.79. The van der Waals surface area contributed by atoms with Gasteiger partial charge >= 0.3 is 23.9 Å². The summed E-state index contributed by atoms with van der Waals surface area (Å²) in [6.45, 7) is 24.8. The van der Waals surface area contributed by atoms with Gasteiger partial charge in [-0.15, -0.1) is 0 Å². The predicted molar refractivity (Wildman–Crippen MR) is 465 cm³/mol. The number of nitrogens with zero attached hydrogens (tertiary/aromatic N) is 4. The van der Waals surface area contributed by atoms with Gasteiger partial charge in [-0.3, -0.25) is 38.6 Å². The normalized spacial score (nSPS) is 14.9. The van der Waals surface area contributed by atoms with E-state index in [9.17, 15) is 19.2 Å². The summed E-state index contributed by atoms with van der Waals surface area (Å²) in [5.74, 6) is -6.09. The van der Waals surface area contributed by atoms with E-state index in [1.54, 1.807) is 82.6 Å². The van der Waals surface area contributed by atoms with Crippen LogP contribution in [0.2, 0.25) is 0 Å². The van der Waals surface area contributed by atoms with Gasteiger partial charge in [0.05, 0.1) is 75.1 Å². The lowest BCUT2D eigenvalue weighted by molar-refractivity contribution is -0.140. The highest BCUT2D eigenvalue weighted by molar-refractivity contribution is 6.45. The Morgan fingerprint density at radius 1 is 0.323 bits per heavy atom. The summed E-state index contributed by atoms with van der Waals surface area (Å²) >= 11 is 0. The number of hydrogen-bond donors (Lipinski definition) is 0. The molecule has 2 fully saturated rings. The first-order valence-corrected chi connectivity index (χ1v) is 42.5. The van der Waals surface area contributed by atoms with Crippen molar-refractivity contribution in [3.05, 3.63) is 216 Å². The summed E-state index contributed by atoms with van der Waals surface area (Å²) < 4.78 is 73.5. The second-order valence-corrected chi connectivity index (χ2v) is 31.0. The molecule has 124 heavy (non-hydrogen) atoms. The minimum Gasteiger partial charge on any atom is -0.460 e. The van der Waals surface area contributed by atoms with Crippen molar-refractivity contribution in [2.75, 3.05) is 105 Å². The first-order chi connectivity index (χ1) is 60.2. The van der Waals surface area contributed by atoms with E-state index < -0.39 is 71.4 Å². The van der Waals surface area contributed by atoms with E-state index in [4.69, 9.17) is 56.8 Å². The zero-order valence-electron chi connectivity index (χ0n) is 70.6. The minimum atomic E-state index is -1.29. The van der Waals surface area contributed by atoms with Gasteiger partial charge in [0, 0.05) is 93.6 Å². The molecule has 0 aliphatic carbocycles. The molecule has 0 N–H and O–H groups in total. The number of amides is 6. The number of fused-ring (bicyclic) bond motifs is 2. The molecule has 4 atom stereocenters. The van der Waals surface area contributed by atoms with E-state index >= 15 is 28.8 Å². The summed E-state index contributed by atoms with van der Waals surface area (Å²) in [5.41, 5.74) is 3.29. The van der Waals surface area contributed by atoms with E-state index in [2.05, 4.69) is 26.3 Å². The van der Waals surface area contributed by atoms with Crippen LogP contribution in [0.3, 0.4) is 0 Å². The number of carbonyl (C=O) groups excluding carboxylic acids is 10. The average molecular weight is 1690 g/mol. The lowest BCUT2D eigenvalue weighted by Gasteiger charge is -2.40. The van der Waals surface area contributed by atoms with Gasteiger partial charge in [-0.2, -0.15) is 0 Å². The molecule has 9 aromatic carbocycles. The van der Waals surface area contributed by atoms with Gasteiger partial charge in [0.1, 0.15) is 84.5 Å². The number of likely N-dealkylation sites (tertiary alicyclic amines) is 2. The van der Waals surface area contributed by atoms with Crippen LogP contribution in [0.1, 0.15) is 143 Å². The van der Waals surface area contributed by atoms with Gasteiger partial charge in [-0.05, 0) is 171 Å². The molecule has 0 saturated carbocycles. The Labute approximate surface area is 719 Å². The maximum absolute atomic E-state index is 16.7. The van der Waals surface area contributed by atoms with Crippen molar-refractivity contribution in [2.45, 2.75) is 117 Å². The Morgan fingerprint density at radius 3 is 0.774 bits per heavy atom. The van der Waals surface area contributed by atoms with Crippen LogP contribution in [0.15, 0.2) is 172 Å². The number of imide groups is 2. The molecule has 0 aromatic heterocycles. The molecule has 13 rings (SSSR count). The standard InChI is InChI=1S/C98H104N4O22/c1-9-61(7)91(97(111)99-41-17-15-18-42-99)101-93(107)71-57-75(121-67-29-21-63(22-30-67)37-45-113-49-53-117-79(103)11-3)85-87-77(123-69-33-25-65(26-34-69)39-47-115-51-55-119-81(105)13-5)59-73-84-74(96(110)102(95(73)109)92(62(8)10-2)98(112)100-43-19-16-20-44-100)60-78(124-70-35-27-66(28-36-70)40-48-116-52-56-120-82(106)14-6)88(90(84)87)86-76(58-72(94(101)108)83(71)89(85)86)122-68-31-23-64(24-32-68)38-46-114-50-54-118-80(104)12-4/h11-14,21-36,57-62,91-92H,3-6,9-10,15-20,37-56H2,1-2,7-8H3. The van der Waals surface area contributed by atoms with Crippen LogP contribution in [-0.2, 0) is 92.3 Å². The average Bonchev–Trinajstić information content (AvgIpc) is 0.669. The third kappa shape index (κ3) is 20.3. The monoisotopic (exact) mass is 1690 g/mol. The molecule has 6 amide bonds. The van der Waals surface area contributed by atoms with Gasteiger partial charge in [-0.25, -0.2) is 19.2 Å². The number of esters is 4. The fourth-order valence-electron chi connectivity index (χ4n) is 16.3. The van der Waals surface area contributed by atoms with Gasteiger partial charge in [0.15, 0.2) is 0 Å². The second kappa shape index (κ2) is 42.0.